The van der Waals surface area contributed by atoms with Crippen LogP contribution in [-0.2, 0) is 14.3 Å². The van der Waals surface area contributed by atoms with Crippen LogP contribution in [0.25, 0.3) is 0 Å². The van der Waals surface area contributed by atoms with Crippen molar-refractivity contribution in [1.29, 1.82) is 0 Å². The van der Waals surface area contributed by atoms with Crippen molar-refractivity contribution in [1.82, 2.24) is 0 Å². The monoisotopic (exact) mass is 188 g/mol. The van der Waals surface area contributed by atoms with E-state index in [9.17, 15) is 9.90 Å². The molecule has 0 unspecified atom stereocenters. The molecule has 0 bridgehead atoms. The first-order chi connectivity index (χ1) is 6.13. The van der Waals surface area contributed by atoms with Crippen LogP contribution in [0.2, 0.25) is 0 Å². The van der Waals surface area contributed by atoms with E-state index in [4.69, 9.17) is 9.47 Å². The van der Waals surface area contributed by atoms with Gasteiger partial charge in [-0.2, -0.15) is 0 Å². The fourth-order valence-corrected chi connectivity index (χ4v) is 0.743. The van der Waals surface area contributed by atoms with Gasteiger partial charge in [0.15, 0.2) is 0 Å². The van der Waals surface area contributed by atoms with Crippen LogP contribution in [0.15, 0.2) is 11.3 Å². The highest BCUT2D eigenvalue weighted by molar-refractivity contribution is 5.88. The van der Waals surface area contributed by atoms with Gasteiger partial charge < -0.3 is 14.6 Å². The number of esters is 1. The zero-order chi connectivity index (χ0) is 10.3. The van der Waals surface area contributed by atoms with Crippen molar-refractivity contribution in [2.24, 2.45) is 0 Å². The number of aliphatic hydroxyl groups is 1. The van der Waals surface area contributed by atoms with Gasteiger partial charge in [-0.25, -0.2) is 4.79 Å². The summed E-state index contributed by atoms with van der Waals surface area (Å²) in [7, 11) is 1.53. The molecule has 1 N–H and O–H groups in total. The average molecular weight is 188 g/mol. The van der Waals surface area contributed by atoms with Crippen LogP contribution in [0, 0.1) is 0 Å². The summed E-state index contributed by atoms with van der Waals surface area (Å²) in [6.45, 7) is 3.96. The molecular weight excluding hydrogens is 172 g/mol. The molecule has 0 saturated heterocycles. The van der Waals surface area contributed by atoms with Gasteiger partial charge in [-0.05, 0) is 13.8 Å². The molecule has 76 valence electrons. The number of carbonyl (C=O) groups is 1. The summed E-state index contributed by atoms with van der Waals surface area (Å²) >= 11 is 0. The minimum Gasteiger partial charge on any atom is -0.512 e. The van der Waals surface area contributed by atoms with Gasteiger partial charge in [0.05, 0.1) is 18.8 Å². The van der Waals surface area contributed by atoms with Crippen LogP contribution in [0.5, 0.6) is 0 Å². The third-order valence-electron chi connectivity index (χ3n) is 1.56. The molecule has 0 rings (SSSR count). The summed E-state index contributed by atoms with van der Waals surface area (Å²) in [5, 5.41) is 9.34. The van der Waals surface area contributed by atoms with Crippen molar-refractivity contribution in [3.05, 3.63) is 11.3 Å². The summed E-state index contributed by atoms with van der Waals surface area (Å²) in [6.07, 6.45) is 0.334. The Morgan fingerprint density at radius 1 is 1.46 bits per heavy atom. The van der Waals surface area contributed by atoms with Gasteiger partial charge in [0, 0.05) is 13.5 Å². The SMILES string of the molecule is CCOC(=O)/C(C)=C(\O)CCOC. The van der Waals surface area contributed by atoms with Crippen LogP contribution in [0.3, 0.4) is 0 Å². The maximum absolute atomic E-state index is 11.1. The van der Waals surface area contributed by atoms with Crippen LogP contribution < -0.4 is 0 Å². The number of methoxy groups -OCH3 is 1. The zero-order valence-electron chi connectivity index (χ0n) is 8.29. The second-order valence-electron chi connectivity index (χ2n) is 2.53. The predicted molar refractivity (Wildman–Crippen MR) is 48.5 cm³/mol. The minimum absolute atomic E-state index is 0.0281. The first kappa shape index (κ1) is 12.0. The van der Waals surface area contributed by atoms with E-state index in [0.29, 0.717) is 19.6 Å². The molecule has 0 spiro atoms. The number of ether oxygens (including phenoxy) is 2. The fourth-order valence-electron chi connectivity index (χ4n) is 0.743. The largest absolute Gasteiger partial charge is 0.512 e. The maximum Gasteiger partial charge on any atom is 0.337 e. The van der Waals surface area contributed by atoms with E-state index < -0.39 is 5.97 Å². The first-order valence-corrected chi connectivity index (χ1v) is 4.18. The Labute approximate surface area is 78.2 Å². The third-order valence-corrected chi connectivity index (χ3v) is 1.56. The molecule has 0 amide bonds. The highest BCUT2D eigenvalue weighted by Gasteiger charge is 2.10. The minimum atomic E-state index is -0.476. The Balaban J connectivity index is 4.15. The van der Waals surface area contributed by atoms with E-state index >= 15 is 0 Å². The molecule has 0 atom stereocenters. The fraction of sp³-hybridized carbons (Fsp3) is 0.667. The topological polar surface area (TPSA) is 55.8 Å². The Hall–Kier alpha value is -1.03. The predicted octanol–water partition coefficient (Wildman–Crippen LogP) is 1.42. The van der Waals surface area contributed by atoms with Gasteiger partial charge in [0.25, 0.3) is 0 Å². The van der Waals surface area contributed by atoms with Crippen molar-refractivity contribution in [3.63, 3.8) is 0 Å². The molecule has 0 saturated carbocycles. The number of rotatable bonds is 5. The molecule has 0 aromatic carbocycles. The zero-order valence-corrected chi connectivity index (χ0v) is 8.29. The lowest BCUT2D eigenvalue weighted by molar-refractivity contribution is -0.138. The highest BCUT2D eigenvalue weighted by Crippen LogP contribution is 2.06. The van der Waals surface area contributed by atoms with E-state index in [0.717, 1.165) is 0 Å². The number of hydrogen-bond donors (Lipinski definition) is 1. The van der Waals surface area contributed by atoms with Gasteiger partial charge >= 0.3 is 5.97 Å². The van der Waals surface area contributed by atoms with Crippen LogP contribution >= 0.6 is 0 Å². The summed E-state index contributed by atoms with van der Waals surface area (Å²) in [5.41, 5.74) is 0.249. The Kier molecular flexibility index (Phi) is 5.97. The summed E-state index contributed by atoms with van der Waals surface area (Å²) in [6, 6.07) is 0. The molecule has 0 radical (unpaired) electrons. The van der Waals surface area contributed by atoms with Crippen molar-refractivity contribution in [2.75, 3.05) is 20.3 Å². The summed E-state index contributed by atoms with van der Waals surface area (Å²) < 4.78 is 9.46. The molecular formula is C9H16O4. The molecule has 0 aliphatic carbocycles. The van der Waals surface area contributed by atoms with Gasteiger partial charge in [-0.3, -0.25) is 0 Å². The van der Waals surface area contributed by atoms with Gasteiger partial charge in [0.2, 0.25) is 0 Å². The molecule has 0 heterocycles. The van der Waals surface area contributed by atoms with Crippen molar-refractivity contribution in [3.8, 4) is 0 Å². The molecule has 4 heteroatoms. The molecule has 0 aromatic rings. The average Bonchev–Trinajstić information content (AvgIpc) is 2.13. The van der Waals surface area contributed by atoms with E-state index in [1.54, 1.807) is 6.92 Å². The Morgan fingerprint density at radius 3 is 2.54 bits per heavy atom. The second kappa shape index (κ2) is 6.48. The van der Waals surface area contributed by atoms with Crippen molar-refractivity contribution < 1.29 is 19.4 Å². The van der Waals surface area contributed by atoms with E-state index in [1.165, 1.54) is 14.0 Å². The third kappa shape index (κ3) is 4.52. The van der Waals surface area contributed by atoms with Crippen molar-refractivity contribution >= 4 is 5.97 Å². The molecule has 4 nitrogen and oxygen atoms in total. The lowest BCUT2D eigenvalue weighted by atomic mass is 10.2. The molecule has 0 aliphatic rings. The number of carbonyl (C=O) groups excluding carboxylic acids is 1. The van der Waals surface area contributed by atoms with E-state index in [1.807, 2.05) is 0 Å². The van der Waals surface area contributed by atoms with Crippen LogP contribution in [-0.4, -0.2) is 31.4 Å². The molecule has 13 heavy (non-hydrogen) atoms. The van der Waals surface area contributed by atoms with Gasteiger partial charge in [-0.1, -0.05) is 0 Å². The smallest absolute Gasteiger partial charge is 0.337 e. The summed E-state index contributed by atoms with van der Waals surface area (Å²) in [5.74, 6) is -0.448. The standard InChI is InChI=1S/C9H16O4/c1-4-13-9(11)7(2)8(10)5-6-12-3/h10H,4-6H2,1-3H3/b8-7-. The highest BCUT2D eigenvalue weighted by atomic mass is 16.5. The maximum atomic E-state index is 11.1. The van der Waals surface area contributed by atoms with E-state index in [2.05, 4.69) is 0 Å². The van der Waals surface area contributed by atoms with Gasteiger partial charge in [-0.15, -0.1) is 0 Å². The Morgan fingerprint density at radius 2 is 2.08 bits per heavy atom. The molecule has 0 aliphatic heterocycles. The number of aliphatic hydroxyl groups excluding tert-OH is 1. The lowest BCUT2D eigenvalue weighted by Crippen LogP contribution is -2.08. The quantitative estimate of drug-likeness (QED) is 0.402. The first-order valence-electron chi connectivity index (χ1n) is 4.18. The van der Waals surface area contributed by atoms with E-state index in [-0.39, 0.29) is 11.3 Å². The van der Waals surface area contributed by atoms with Gasteiger partial charge in [0.1, 0.15) is 5.76 Å². The lowest BCUT2D eigenvalue weighted by Gasteiger charge is -2.05. The molecule has 0 aromatic heterocycles. The summed E-state index contributed by atoms with van der Waals surface area (Å²) in [4.78, 5) is 11.1. The normalized spacial score (nSPS) is 12.2. The number of hydrogen-bond acceptors (Lipinski definition) is 4. The van der Waals surface area contributed by atoms with Crippen molar-refractivity contribution in [2.45, 2.75) is 20.3 Å². The van der Waals surface area contributed by atoms with Crippen LogP contribution in [0.4, 0.5) is 0 Å². The second-order valence-corrected chi connectivity index (χ2v) is 2.53. The molecule has 0 fully saturated rings. The van der Waals surface area contributed by atoms with Crippen LogP contribution in [0.1, 0.15) is 20.3 Å². The Bertz CT molecular complexity index is 196.